The Balaban J connectivity index is 2.75. The lowest BCUT2D eigenvalue weighted by Gasteiger charge is -2.26. The first kappa shape index (κ1) is 12.9. The van der Waals surface area contributed by atoms with E-state index in [1.165, 1.54) is 0 Å². The van der Waals surface area contributed by atoms with Crippen molar-refractivity contribution in [3.05, 3.63) is 29.0 Å². The van der Waals surface area contributed by atoms with Gasteiger partial charge in [0.25, 0.3) is 0 Å². The van der Waals surface area contributed by atoms with Crippen molar-refractivity contribution in [2.75, 3.05) is 6.54 Å². The molecule has 4 nitrogen and oxygen atoms in total. The summed E-state index contributed by atoms with van der Waals surface area (Å²) >= 11 is 5.69. The number of pyridine rings is 1. The maximum atomic E-state index is 11.6. The largest absolute Gasteiger partial charge is 0.335 e. The molecule has 0 bridgehead atoms. The number of hydrogen-bond acceptors (Lipinski definition) is 3. The summed E-state index contributed by atoms with van der Waals surface area (Å²) in [7, 11) is 0. The number of halogens is 1. The van der Waals surface area contributed by atoms with Crippen LogP contribution in [0.3, 0.4) is 0 Å². The lowest BCUT2D eigenvalue weighted by Crippen LogP contribution is -2.40. The summed E-state index contributed by atoms with van der Waals surface area (Å²) in [5.41, 5.74) is 6.30. The zero-order valence-corrected chi connectivity index (χ0v) is 10.2. The highest BCUT2D eigenvalue weighted by molar-refractivity contribution is 6.29. The van der Waals surface area contributed by atoms with Crippen molar-refractivity contribution in [1.82, 2.24) is 9.88 Å². The quantitative estimate of drug-likeness (QED) is 0.812. The zero-order valence-electron chi connectivity index (χ0n) is 9.48. The minimum Gasteiger partial charge on any atom is -0.335 e. The molecule has 0 aliphatic carbocycles. The first-order valence-electron chi connectivity index (χ1n) is 5.14. The van der Waals surface area contributed by atoms with Gasteiger partial charge in [0.15, 0.2) is 0 Å². The normalized spacial score (nSPS) is 10.6. The van der Waals surface area contributed by atoms with Gasteiger partial charge in [-0.2, -0.15) is 0 Å². The summed E-state index contributed by atoms with van der Waals surface area (Å²) in [6, 6.07) is 3.68. The topological polar surface area (TPSA) is 59.2 Å². The van der Waals surface area contributed by atoms with Crippen LogP contribution in [0.1, 0.15) is 19.4 Å². The van der Waals surface area contributed by atoms with E-state index in [0.29, 0.717) is 11.7 Å². The lowest BCUT2D eigenvalue weighted by molar-refractivity contribution is -0.132. The van der Waals surface area contributed by atoms with Gasteiger partial charge in [-0.3, -0.25) is 4.79 Å². The summed E-state index contributed by atoms with van der Waals surface area (Å²) < 4.78 is 0. The van der Waals surface area contributed by atoms with Crippen LogP contribution in [0.5, 0.6) is 0 Å². The third-order valence-corrected chi connectivity index (χ3v) is 2.48. The van der Waals surface area contributed by atoms with E-state index in [0.717, 1.165) is 5.56 Å². The Morgan fingerprint density at radius 3 is 2.69 bits per heavy atom. The predicted octanol–water partition coefficient (Wildman–Crippen LogP) is 1.43. The van der Waals surface area contributed by atoms with Crippen molar-refractivity contribution in [3.63, 3.8) is 0 Å². The Morgan fingerprint density at radius 1 is 1.56 bits per heavy atom. The molecule has 1 heterocycles. The molecule has 16 heavy (non-hydrogen) atoms. The van der Waals surface area contributed by atoms with Gasteiger partial charge in [0.1, 0.15) is 5.15 Å². The van der Waals surface area contributed by atoms with Crippen molar-refractivity contribution in [2.24, 2.45) is 5.73 Å². The minimum absolute atomic E-state index is 0.0270. The average molecular weight is 242 g/mol. The van der Waals surface area contributed by atoms with E-state index in [2.05, 4.69) is 4.98 Å². The molecule has 0 atom stereocenters. The second-order valence-corrected chi connectivity index (χ2v) is 4.20. The summed E-state index contributed by atoms with van der Waals surface area (Å²) in [5.74, 6) is -0.0649. The zero-order chi connectivity index (χ0) is 12.1. The molecule has 88 valence electrons. The highest BCUT2D eigenvalue weighted by Crippen LogP contribution is 2.10. The molecule has 1 aromatic rings. The summed E-state index contributed by atoms with van der Waals surface area (Å²) in [6.45, 7) is 4.45. The molecule has 0 spiro atoms. The highest BCUT2D eigenvalue weighted by Gasteiger charge is 2.15. The van der Waals surface area contributed by atoms with Gasteiger partial charge in [0.2, 0.25) is 5.91 Å². The SMILES string of the molecule is CC(C)N(Cc1ccc(Cl)nc1)C(=O)CN. The number of nitrogens with two attached hydrogens (primary N) is 1. The molecule has 1 amide bonds. The third-order valence-electron chi connectivity index (χ3n) is 2.26. The maximum absolute atomic E-state index is 11.6. The molecule has 0 unspecified atom stereocenters. The van der Waals surface area contributed by atoms with Crippen LogP contribution in [0, 0.1) is 0 Å². The van der Waals surface area contributed by atoms with Crippen LogP contribution >= 0.6 is 11.6 Å². The van der Waals surface area contributed by atoms with Gasteiger partial charge >= 0.3 is 0 Å². The van der Waals surface area contributed by atoms with E-state index in [4.69, 9.17) is 17.3 Å². The Hall–Kier alpha value is -1.13. The predicted molar refractivity (Wildman–Crippen MR) is 64.0 cm³/mol. The third kappa shape index (κ3) is 3.47. The van der Waals surface area contributed by atoms with Crippen molar-refractivity contribution in [2.45, 2.75) is 26.4 Å². The molecule has 0 aromatic carbocycles. The van der Waals surface area contributed by atoms with Crippen LogP contribution in [-0.2, 0) is 11.3 Å². The van der Waals surface area contributed by atoms with Gasteiger partial charge in [-0.05, 0) is 25.5 Å². The Labute approximate surface area is 100 Å². The smallest absolute Gasteiger partial charge is 0.236 e. The fourth-order valence-electron chi connectivity index (χ4n) is 1.37. The number of carbonyl (C=O) groups is 1. The van der Waals surface area contributed by atoms with E-state index in [1.54, 1.807) is 17.2 Å². The second-order valence-electron chi connectivity index (χ2n) is 3.81. The van der Waals surface area contributed by atoms with E-state index in [-0.39, 0.29) is 18.5 Å². The Kier molecular flexibility index (Phi) is 4.71. The maximum Gasteiger partial charge on any atom is 0.236 e. The van der Waals surface area contributed by atoms with Gasteiger partial charge in [0.05, 0.1) is 6.54 Å². The van der Waals surface area contributed by atoms with Gasteiger partial charge < -0.3 is 10.6 Å². The van der Waals surface area contributed by atoms with Gasteiger partial charge in [-0.1, -0.05) is 17.7 Å². The van der Waals surface area contributed by atoms with Crippen LogP contribution in [0.15, 0.2) is 18.3 Å². The molecule has 0 fully saturated rings. The van der Waals surface area contributed by atoms with E-state index >= 15 is 0 Å². The van der Waals surface area contributed by atoms with Crippen molar-refractivity contribution < 1.29 is 4.79 Å². The first-order valence-corrected chi connectivity index (χ1v) is 5.52. The fraction of sp³-hybridized carbons (Fsp3) is 0.455. The van der Waals surface area contributed by atoms with E-state index in [9.17, 15) is 4.79 Å². The molecule has 0 saturated heterocycles. The van der Waals surface area contributed by atoms with Crippen molar-refractivity contribution in [1.29, 1.82) is 0 Å². The van der Waals surface area contributed by atoms with Gasteiger partial charge in [0, 0.05) is 18.8 Å². The number of amides is 1. The van der Waals surface area contributed by atoms with Gasteiger partial charge in [-0.25, -0.2) is 4.98 Å². The standard InChI is InChI=1S/C11H16ClN3O/c1-8(2)15(11(16)5-13)7-9-3-4-10(12)14-6-9/h3-4,6,8H,5,7,13H2,1-2H3. The number of rotatable bonds is 4. The number of aromatic nitrogens is 1. The van der Waals surface area contributed by atoms with Crippen LogP contribution in [-0.4, -0.2) is 28.4 Å². The highest BCUT2D eigenvalue weighted by atomic mass is 35.5. The summed E-state index contributed by atoms with van der Waals surface area (Å²) in [6.07, 6.45) is 1.67. The molecule has 0 saturated carbocycles. The fourth-order valence-corrected chi connectivity index (χ4v) is 1.48. The van der Waals surface area contributed by atoms with Crippen molar-refractivity contribution >= 4 is 17.5 Å². The average Bonchev–Trinajstić information content (AvgIpc) is 2.27. The molecule has 2 N–H and O–H groups in total. The van der Waals surface area contributed by atoms with E-state index in [1.807, 2.05) is 19.9 Å². The van der Waals surface area contributed by atoms with Gasteiger partial charge in [-0.15, -0.1) is 0 Å². The Morgan fingerprint density at radius 2 is 2.25 bits per heavy atom. The molecule has 0 aliphatic rings. The molecule has 0 radical (unpaired) electrons. The van der Waals surface area contributed by atoms with Crippen LogP contribution < -0.4 is 5.73 Å². The minimum atomic E-state index is -0.0649. The number of hydrogen-bond donors (Lipinski definition) is 1. The first-order chi connectivity index (χ1) is 7.54. The second kappa shape index (κ2) is 5.82. The van der Waals surface area contributed by atoms with Crippen LogP contribution in [0.25, 0.3) is 0 Å². The monoisotopic (exact) mass is 241 g/mol. The molecular weight excluding hydrogens is 226 g/mol. The Bertz CT molecular complexity index is 351. The number of nitrogens with zero attached hydrogens (tertiary/aromatic N) is 2. The molecular formula is C11H16ClN3O. The lowest BCUT2D eigenvalue weighted by atomic mass is 10.2. The van der Waals surface area contributed by atoms with Crippen LogP contribution in [0.2, 0.25) is 5.15 Å². The van der Waals surface area contributed by atoms with E-state index < -0.39 is 0 Å². The van der Waals surface area contributed by atoms with Crippen LogP contribution in [0.4, 0.5) is 0 Å². The number of carbonyl (C=O) groups excluding carboxylic acids is 1. The van der Waals surface area contributed by atoms with Crippen molar-refractivity contribution in [3.8, 4) is 0 Å². The summed E-state index contributed by atoms with van der Waals surface area (Å²) in [5, 5.41) is 0.449. The summed E-state index contributed by atoms with van der Waals surface area (Å²) in [4.78, 5) is 17.3. The molecule has 5 heteroatoms. The molecule has 1 aromatic heterocycles. The molecule has 0 aliphatic heterocycles. The molecule has 1 rings (SSSR count).